The number of rotatable bonds is 5. The van der Waals surface area contributed by atoms with Gasteiger partial charge in [-0.3, -0.25) is 4.79 Å². The Morgan fingerprint density at radius 1 is 1.42 bits per heavy atom. The molecule has 1 fully saturated rings. The summed E-state index contributed by atoms with van der Waals surface area (Å²) in [7, 11) is 1.46. The minimum absolute atomic E-state index is 0.0946. The Bertz CT molecular complexity index is 478. The molecule has 0 spiro atoms. The lowest BCUT2D eigenvalue weighted by Gasteiger charge is -2.13. The topological polar surface area (TPSA) is 58.6 Å². The number of benzene rings is 1. The number of aliphatic hydroxyl groups excluding tert-OH is 1. The van der Waals surface area contributed by atoms with Crippen molar-refractivity contribution < 1.29 is 14.6 Å². The molecule has 0 heterocycles. The van der Waals surface area contributed by atoms with E-state index in [-0.39, 0.29) is 17.9 Å². The first-order chi connectivity index (χ1) is 9.01. The van der Waals surface area contributed by atoms with Crippen molar-refractivity contribution in [2.75, 3.05) is 20.3 Å². The molecule has 1 aliphatic rings. The molecule has 1 aromatic carbocycles. The fourth-order valence-corrected chi connectivity index (χ4v) is 2.46. The first-order valence-corrected chi connectivity index (χ1v) is 6.69. The van der Waals surface area contributed by atoms with Crippen molar-refractivity contribution in [3.05, 3.63) is 27.7 Å². The Kier molecular flexibility index (Phi) is 4.23. The average Bonchev–Trinajstić information content (AvgIpc) is 3.16. The summed E-state index contributed by atoms with van der Waals surface area (Å²) in [4.78, 5) is 12.0. The highest BCUT2D eigenvalue weighted by Crippen LogP contribution is 2.44. The smallest absolute Gasteiger partial charge is 0.251 e. The molecule has 0 aromatic heterocycles. The van der Waals surface area contributed by atoms with Crippen molar-refractivity contribution in [3.8, 4) is 5.75 Å². The SMILES string of the molecule is COc1c(Cl)cc(C(=O)NCC2(CO)CC2)cc1Cl. The van der Waals surface area contributed by atoms with Gasteiger partial charge in [-0.1, -0.05) is 23.2 Å². The third kappa shape index (κ3) is 3.14. The molecule has 19 heavy (non-hydrogen) atoms. The number of halogens is 2. The fraction of sp³-hybridized carbons (Fsp3) is 0.462. The molecular weight excluding hydrogens is 289 g/mol. The van der Waals surface area contributed by atoms with Gasteiger partial charge in [-0.15, -0.1) is 0 Å². The van der Waals surface area contributed by atoms with Gasteiger partial charge in [0.2, 0.25) is 0 Å². The van der Waals surface area contributed by atoms with Gasteiger partial charge in [0.15, 0.2) is 5.75 Å². The summed E-state index contributed by atoms with van der Waals surface area (Å²) < 4.78 is 5.02. The molecule has 0 saturated heterocycles. The number of ether oxygens (including phenoxy) is 1. The van der Waals surface area contributed by atoms with Crippen LogP contribution in [0.1, 0.15) is 23.2 Å². The maximum atomic E-state index is 12.0. The number of hydrogen-bond acceptors (Lipinski definition) is 3. The summed E-state index contributed by atoms with van der Waals surface area (Å²) in [6.07, 6.45) is 1.88. The highest BCUT2D eigenvalue weighted by atomic mass is 35.5. The predicted molar refractivity (Wildman–Crippen MR) is 74.1 cm³/mol. The van der Waals surface area contributed by atoms with E-state index in [1.54, 1.807) is 0 Å². The zero-order chi connectivity index (χ0) is 14.0. The number of methoxy groups -OCH3 is 1. The van der Waals surface area contributed by atoms with Crippen LogP contribution in [0.5, 0.6) is 5.75 Å². The summed E-state index contributed by atoms with van der Waals surface area (Å²) in [5.74, 6) is 0.0973. The van der Waals surface area contributed by atoms with Gasteiger partial charge in [-0.25, -0.2) is 0 Å². The molecule has 4 nitrogen and oxygen atoms in total. The molecule has 0 atom stereocenters. The van der Waals surface area contributed by atoms with Crippen molar-refractivity contribution in [2.24, 2.45) is 5.41 Å². The van der Waals surface area contributed by atoms with Gasteiger partial charge in [0.05, 0.1) is 23.8 Å². The van der Waals surface area contributed by atoms with Gasteiger partial charge in [0.25, 0.3) is 5.91 Å². The number of hydrogen-bond donors (Lipinski definition) is 2. The Morgan fingerprint density at radius 3 is 2.42 bits per heavy atom. The Balaban J connectivity index is 2.07. The molecule has 104 valence electrons. The minimum atomic E-state index is -0.258. The second-order valence-corrected chi connectivity index (χ2v) is 5.63. The van der Waals surface area contributed by atoms with Crippen LogP contribution in [0.4, 0.5) is 0 Å². The lowest BCUT2D eigenvalue weighted by molar-refractivity contribution is 0.0935. The number of amides is 1. The second kappa shape index (κ2) is 5.57. The van der Waals surface area contributed by atoms with E-state index in [0.29, 0.717) is 27.9 Å². The molecule has 1 aromatic rings. The zero-order valence-electron chi connectivity index (χ0n) is 10.5. The van der Waals surface area contributed by atoms with Crippen molar-refractivity contribution in [2.45, 2.75) is 12.8 Å². The molecule has 0 aliphatic heterocycles. The monoisotopic (exact) mass is 303 g/mol. The van der Waals surface area contributed by atoms with Crippen molar-refractivity contribution in [1.82, 2.24) is 5.32 Å². The molecule has 0 bridgehead atoms. The van der Waals surface area contributed by atoms with Crippen LogP contribution in [-0.4, -0.2) is 31.3 Å². The van der Waals surface area contributed by atoms with Crippen molar-refractivity contribution in [3.63, 3.8) is 0 Å². The highest BCUT2D eigenvalue weighted by Gasteiger charge is 2.42. The van der Waals surface area contributed by atoms with Gasteiger partial charge in [-0.05, 0) is 25.0 Å². The van der Waals surface area contributed by atoms with E-state index in [4.69, 9.17) is 27.9 Å². The van der Waals surface area contributed by atoms with Gasteiger partial charge in [-0.2, -0.15) is 0 Å². The minimum Gasteiger partial charge on any atom is -0.494 e. The Hall–Kier alpha value is -0.970. The van der Waals surface area contributed by atoms with Crippen LogP contribution < -0.4 is 10.1 Å². The summed E-state index contributed by atoms with van der Waals surface area (Å²) in [5.41, 5.74) is 0.250. The van der Waals surface area contributed by atoms with Crippen molar-refractivity contribution >= 4 is 29.1 Å². The molecule has 0 unspecified atom stereocenters. The quantitative estimate of drug-likeness (QED) is 0.879. The van der Waals surface area contributed by atoms with E-state index in [1.165, 1.54) is 19.2 Å². The Morgan fingerprint density at radius 2 is 2.00 bits per heavy atom. The van der Waals surface area contributed by atoms with E-state index in [2.05, 4.69) is 5.32 Å². The standard InChI is InChI=1S/C13H15Cl2NO3/c1-19-11-9(14)4-8(5-10(11)15)12(18)16-6-13(7-17)2-3-13/h4-5,17H,2-3,6-7H2,1H3,(H,16,18). The number of carbonyl (C=O) groups excluding carboxylic acids is 1. The lowest BCUT2D eigenvalue weighted by atomic mass is 10.1. The molecule has 1 amide bonds. The molecule has 1 saturated carbocycles. The second-order valence-electron chi connectivity index (χ2n) is 4.81. The molecule has 2 N–H and O–H groups in total. The summed E-state index contributed by atoms with van der Waals surface area (Å²) >= 11 is 12.0. The fourth-order valence-electron chi connectivity index (χ4n) is 1.82. The van der Waals surface area contributed by atoms with Crippen molar-refractivity contribution in [1.29, 1.82) is 0 Å². The molecule has 2 rings (SSSR count). The van der Waals surface area contributed by atoms with Gasteiger partial charge >= 0.3 is 0 Å². The highest BCUT2D eigenvalue weighted by molar-refractivity contribution is 6.37. The molecule has 6 heteroatoms. The number of nitrogens with one attached hydrogen (secondary N) is 1. The number of carbonyl (C=O) groups is 1. The van der Waals surface area contributed by atoms with Crippen LogP contribution >= 0.6 is 23.2 Å². The van der Waals surface area contributed by atoms with E-state index in [9.17, 15) is 9.90 Å². The maximum absolute atomic E-state index is 12.0. The Labute approximate surface area is 121 Å². The van der Waals surface area contributed by atoms with E-state index < -0.39 is 0 Å². The van der Waals surface area contributed by atoms with E-state index in [0.717, 1.165) is 12.8 Å². The first kappa shape index (κ1) is 14.4. The van der Waals surface area contributed by atoms with Crippen LogP contribution in [0.15, 0.2) is 12.1 Å². The van der Waals surface area contributed by atoms with E-state index in [1.807, 2.05) is 0 Å². The van der Waals surface area contributed by atoms with Gasteiger partial charge in [0, 0.05) is 17.5 Å². The summed E-state index contributed by atoms with van der Waals surface area (Å²) in [6, 6.07) is 3.03. The third-order valence-electron chi connectivity index (χ3n) is 3.38. The average molecular weight is 304 g/mol. The van der Waals surface area contributed by atoms with Crippen LogP contribution in [0.2, 0.25) is 10.0 Å². The number of aliphatic hydroxyl groups is 1. The van der Waals surface area contributed by atoms with Crippen LogP contribution in [0, 0.1) is 5.41 Å². The maximum Gasteiger partial charge on any atom is 0.251 e. The zero-order valence-corrected chi connectivity index (χ0v) is 12.0. The van der Waals surface area contributed by atoms with E-state index >= 15 is 0 Å². The molecule has 1 aliphatic carbocycles. The largest absolute Gasteiger partial charge is 0.494 e. The normalized spacial score (nSPS) is 16.0. The van der Waals surface area contributed by atoms with Gasteiger partial charge < -0.3 is 15.2 Å². The molecular formula is C13H15Cl2NO3. The third-order valence-corrected chi connectivity index (χ3v) is 3.94. The summed E-state index contributed by atoms with van der Waals surface area (Å²) in [6.45, 7) is 0.557. The van der Waals surface area contributed by atoms with Gasteiger partial charge in [0.1, 0.15) is 0 Å². The summed E-state index contributed by atoms with van der Waals surface area (Å²) in [5, 5.41) is 12.6. The lowest BCUT2D eigenvalue weighted by Crippen LogP contribution is -2.31. The predicted octanol–water partition coefficient (Wildman–Crippen LogP) is 2.50. The molecule has 0 radical (unpaired) electrons. The van der Waals surface area contributed by atoms with Crippen LogP contribution in [-0.2, 0) is 0 Å². The van der Waals surface area contributed by atoms with Crippen LogP contribution in [0.3, 0.4) is 0 Å². The van der Waals surface area contributed by atoms with Crippen LogP contribution in [0.25, 0.3) is 0 Å². The first-order valence-electron chi connectivity index (χ1n) is 5.93.